The molecule has 1 heterocycles. The van der Waals surface area contributed by atoms with Crippen LogP contribution in [0.2, 0.25) is 0 Å². The number of amides is 3. The van der Waals surface area contributed by atoms with Gasteiger partial charge in [-0.2, -0.15) is 0 Å². The highest BCUT2D eigenvalue weighted by molar-refractivity contribution is 5.97. The Morgan fingerprint density at radius 1 is 1.27 bits per heavy atom. The minimum absolute atomic E-state index is 0.0862. The zero-order valence-corrected chi connectivity index (χ0v) is 15.5. The summed E-state index contributed by atoms with van der Waals surface area (Å²) in [5.74, 6) is -0.0862. The second-order valence-electron chi connectivity index (χ2n) is 7.11. The number of nitrogens with zero attached hydrogens (tertiary/aromatic N) is 1. The fourth-order valence-corrected chi connectivity index (χ4v) is 2.95. The van der Waals surface area contributed by atoms with E-state index in [0.29, 0.717) is 23.8 Å². The van der Waals surface area contributed by atoms with Crippen molar-refractivity contribution in [3.8, 4) is 0 Å². The van der Waals surface area contributed by atoms with Gasteiger partial charge in [-0.25, -0.2) is 4.79 Å². The van der Waals surface area contributed by atoms with Crippen molar-refractivity contribution in [1.82, 2.24) is 15.5 Å². The number of ether oxygens (including phenoxy) is 1. The molecule has 1 aromatic rings. The summed E-state index contributed by atoms with van der Waals surface area (Å²) in [6.45, 7) is 7.83. The summed E-state index contributed by atoms with van der Waals surface area (Å²) in [6, 6.07) is 5.68. The Kier molecular flexibility index (Phi) is 6.11. The molecule has 7 heteroatoms. The van der Waals surface area contributed by atoms with Crippen LogP contribution in [-0.4, -0.2) is 61.8 Å². The normalized spacial score (nSPS) is 18.8. The van der Waals surface area contributed by atoms with E-state index in [1.807, 2.05) is 13.0 Å². The van der Waals surface area contributed by atoms with Gasteiger partial charge >= 0.3 is 6.03 Å². The first-order chi connectivity index (χ1) is 12.5. The molecule has 0 bridgehead atoms. The molecule has 0 spiro atoms. The summed E-state index contributed by atoms with van der Waals surface area (Å²) in [6.07, 6.45) is 2.10. The molecule has 1 aliphatic carbocycles. The van der Waals surface area contributed by atoms with E-state index in [9.17, 15) is 9.59 Å². The Hall–Kier alpha value is -2.12. The van der Waals surface area contributed by atoms with E-state index in [1.165, 1.54) is 0 Å². The van der Waals surface area contributed by atoms with Crippen LogP contribution >= 0.6 is 0 Å². The van der Waals surface area contributed by atoms with Crippen LogP contribution in [0.5, 0.6) is 0 Å². The first-order valence-electron chi connectivity index (χ1n) is 9.31. The molecule has 2 aliphatic rings. The Morgan fingerprint density at radius 3 is 2.69 bits per heavy atom. The fourth-order valence-electron chi connectivity index (χ4n) is 2.95. The van der Waals surface area contributed by atoms with Crippen molar-refractivity contribution in [2.75, 3.05) is 38.2 Å². The molecule has 2 fully saturated rings. The zero-order chi connectivity index (χ0) is 18.5. The smallest absolute Gasteiger partial charge is 0.319 e. The number of rotatable bonds is 6. The molecule has 1 aromatic carbocycles. The van der Waals surface area contributed by atoms with E-state index < -0.39 is 0 Å². The van der Waals surface area contributed by atoms with Gasteiger partial charge in [-0.05, 0) is 44.4 Å². The summed E-state index contributed by atoms with van der Waals surface area (Å²) in [5.41, 5.74) is 2.15. The Balaban J connectivity index is 1.51. The van der Waals surface area contributed by atoms with E-state index in [4.69, 9.17) is 4.74 Å². The molecule has 1 unspecified atom stereocenters. The van der Waals surface area contributed by atoms with Gasteiger partial charge in [-0.1, -0.05) is 6.07 Å². The quantitative estimate of drug-likeness (QED) is 0.722. The van der Waals surface area contributed by atoms with E-state index in [2.05, 4.69) is 27.8 Å². The lowest BCUT2D eigenvalue weighted by molar-refractivity contribution is 0.0209. The zero-order valence-electron chi connectivity index (χ0n) is 15.5. The van der Waals surface area contributed by atoms with Crippen LogP contribution in [-0.2, 0) is 4.74 Å². The third-order valence-corrected chi connectivity index (χ3v) is 4.89. The molecule has 3 amide bonds. The van der Waals surface area contributed by atoms with Gasteiger partial charge in [0, 0.05) is 43.0 Å². The van der Waals surface area contributed by atoms with Crippen LogP contribution < -0.4 is 16.0 Å². The lowest BCUT2D eigenvalue weighted by Gasteiger charge is -2.32. The molecule has 1 aliphatic heterocycles. The standard InChI is InChI=1S/C19H28N4O3/c1-13-3-4-15(18(24)21-16-5-6-16)11-17(13)22-19(25)20-12-14(2)23-7-9-26-10-8-23/h3-4,11,14,16H,5-10,12H2,1-2H3,(H,21,24)(H2,20,22,25). The van der Waals surface area contributed by atoms with Crippen LogP contribution in [0, 0.1) is 6.92 Å². The maximum absolute atomic E-state index is 12.3. The monoisotopic (exact) mass is 360 g/mol. The lowest BCUT2D eigenvalue weighted by atomic mass is 10.1. The summed E-state index contributed by atoms with van der Waals surface area (Å²) >= 11 is 0. The number of carbonyl (C=O) groups is 2. The minimum atomic E-state index is -0.257. The fraction of sp³-hybridized carbons (Fsp3) is 0.579. The number of hydrogen-bond donors (Lipinski definition) is 3. The third kappa shape index (κ3) is 5.19. The predicted octanol–water partition coefficient (Wildman–Crippen LogP) is 1.73. The van der Waals surface area contributed by atoms with Gasteiger partial charge in [0.2, 0.25) is 0 Å². The molecule has 1 saturated carbocycles. The van der Waals surface area contributed by atoms with Crippen molar-refractivity contribution in [2.24, 2.45) is 0 Å². The average molecular weight is 360 g/mol. The van der Waals surface area contributed by atoms with Crippen LogP contribution in [0.4, 0.5) is 10.5 Å². The average Bonchev–Trinajstić information content (AvgIpc) is 3.46. The molecule has 3 N–H and O–H groups in total. The molecule has 0 radical (unpaired) electrons. The highest BCUT2D eigenvalue weighted by Gasteiger charge is 2.24. The van der Waals surface area contributed by atoms with E-state index in [1.54, 1.807) is 12.1 Å². The topological polar surface area (TPSA) is 82.7 Å². The maximum atomic E-state index is 12.3. The highest BCUT2D eigenvalue weighted by Crippen LogP contribution is 2.21. The van der Waals surface area contributed by atoms with Crippen LogP contribution in [0.25, 0.3) is 0 Å². The maximum Gasteiger partial charge on any atom is 0.319 e. The number of hydrogen-bond acceptors (Lipinski definition) is 4. The van der Waals surface area contributed by atoms with E-state index >= 15 is 0 Å². The van der Waals surface area contributed by atoms with Crippen molar-refractivity contribution in [3.05, 3.63) is 29.3 Å². The number of nitrogens with one attached hydrogen (secondary N) is 3. The van der Waals surface area contributed by atoms with Gasteiger partial charge in [0.05, 0.1) is 13.2 Å². The molecule has 1 saturated heterocycles. The van der Waals surface area contributed by atoms with E-state index in [0.717, 1.165) is 44.7 Å². The van der Waals surface area contributed by atoms with Crippen molar-refractivity contribution in [3.63, 3.8) is 0 Å². The Bertz CT molecular complexity index is 654. The summed E-state index contributed by atoms with van der Waals surface area (Å²) in [7, 11) is 0. The molecule has 142 valence electrons. The number of urea groups is 1. The summed E-state index contributed by atoms with van der Waals surface area (Å²) in [5, 5.41) is 8.74. The summed E-state index contributed by atoms with van der Waals surface area (Å²) < 4.78 is 5.35. The molecule has 0 aromatic heterocycles. The van der Waals surface area contributed by atoms with Gasteiger partial charge in [-0.15, -0.1) is 0 Å². The van der Waals surface area contributed by atoms with Crippen molar-refractivity contribution < 1.29 is 14.3 Å². The molecule has 1 atom stereocenters. The largest absolute Gasteiger partial charge is 0.379 e. The lowest BCUT2D eigenvalue weighted by Crippen LogP contribution is -2.47. The first kappa shape index (κ1) is 18.7. The third-order valence-electron chi connectivity index (χ3n) is 4.89. The van der Waals surface area contributed by atoms with Gasteiger partial charge < -0.3 is 20.7 Å². The number of aryl methyl sites for hydroxylation is 1. The highest BCUT2D eigenvalue weighted by atomic mass is 16.5. The van der Waals surface area contributed by atoms with Crippen LogP contribution in [0.3, 0.4) is 0 Å². The van der Waals surface area contributed by atoms with Gasteiger partial charge in [-0.3, -0.25) is 9.69 Å². The Morgan fingerprint density at radius 2 is 2.00 bits per heavy atom. The summed E-state index contributed by atoms with van der Waals surface area (Å²) in [4.78, 5) is 26.7. The van der Waals surface area contributed by atoms with Crippen molar-refractivity contribution in [1.29, 1.82) is 0 Å². The molecular formula is C19H28N4O3. The first-order valence-corrected chi connectivity index (χ1v) is 9.31. The molecule has 26 heavy (non-hydrogen) atoms. The van der Waals surface area contributed by atoms with Crippen LogP contribution in [0.15, 0.2) is 18.2 Å². The molecule has 3 rings (SSSR count). The van der Waals surface area contributed by atoms with Gasteiger partial charge in [0.1, 0.15) is 0 Å². The van der Waals surface area contributed by atoms with E-state index in [-0.39, 0.29) is 18.0 Å². The van der Waals surface area contributed by atoms with Crippen LogP contribution in [0.1, 0.15) is 35.7 Å². The second-order valence-corrected chi connectivity index (χ2v) is 7.11. The number of morpholine rings is 1. The molecule has 7 nitrogen and oxygen atoms in total. The Labute approximate surface area is 154 Å². The van der Waals surface area contributed by atoms with Gasteiger partial charge in [0.25, 0.3) is 5.91 Å². The number of carbonyl (C=O) groups excluding carboxylic acids is 2. The molecular weight excluding hydrogens is 332 g/mol. The number of benzene rings is 1. The second kappa shape index (κ2) is 8.51. The number of anilines is 1. The SMILES string of the molecule is Cc1ccc(C(=O)NC2CC2)cc1NC(=O)NCC(C)N1CCOCC1. The van der Waals surface area contributed by atoms with Crippen molar-refractivity contribution >= 4 is 17.6 Å². The van der Waals surface area contributed by atoms with Gasteiger partial charge in [0.15, 0.2) is 0 Å². The van der Waals surface area contributed by atoms with Crippen molar-refractivity contribution in [2.45, 2.75) is 38.8 Å². The minimum Gasteiger partial charge on any atom is -0.379 e. The predicted molar refractivity (Wildman–Crippen MR) is 101 cm³/mol.